The number of hydrogen-bond acceptors (Lipinski definition) is 3. The summed E-state index contributed by atoms with van der Waals surface area (Å²) in [4.78, 5) is 8.90. The Bertz CT molecular complexity index is 636. The van der Waals surface area contributed by atoms with Gasteiger partial charge in [-0.1, -0.05) is 24.3 Å². The molecule has 20 heavy (non-hydrogen) atoms. The zero-order valence-electron chi connectivity index (χ0n) is 11.6. The smallest absolute Gasteiger partial charge is 0.133 e. The molecule has 0 saturated heterocycles. The molecular formula is C17H19N3. The molecule has 1 aromatic heterocycles. The van der Waals surface area contributed by atoms with Crippen molar-refractivity contribution in [2.24, 2.45) is 0 Å². The Labute approximate surface area is 119 Å². The maximum Gasteiger partial charge on any atom is 0.133 e. The summed E-state index contributed by atoms with van der Waals surface area (Å²) in [5.74, 6) is 1.06. The summed E-state index contributed by atoms with van der Waals surface area (Å²) >= 11 is 0. The topological polar surface area (TPSA) is 37.8 Å². The lowest BCUT2D eigenvalue weighted by Gasteiger charge is -2.27. The molecule has 0 radical (unpaired) electrons. The van der Waals surface area contributed by atoms with E-state index < -0.39 is 0 Å². The fraction of sp³-hybridized carbons (Fsp3) is 0.412. The van der Waals surface area contributed by atoms with Crippen molar-refractivity contribution in [3.8, 4) is 0 Å². The number of nitrogens with zero attached hydrogens (tertiary/aromatic N) is 2. The van der Waals surface area contributed by atoms with Crippen molar-refractivity contribution >= 4 is 5.82 Å². The Morgan fingerprint density at radius 1 is 1.00 bits per heavy atom. The molecule has 2 aliphatic carbocycles. The van der Waals surface area contributed by atoms with Crippen molar-refractivity contribution in [1.29, 1.82) is 0 Å². The average Bonchev–Trinajstić information content (AvgIpc) is 2.97. The van der Waals surface area contributed by atoms with Crippen LogP contribution >= 0.6 is 0 Å². The Kier molecular flexibility index (Phi) is 2.91. The fourth-order valence-electron chi connectivity index (χ4n) is 3.55. The van der Waals surface area contributed by atoms with Gasteiger partial charge >= 0.3 is 0 Å². The van der Waals surface area contributed by atoms with Gasteiger partial charge in [0.1, 0.15) is 12.1 Å². The lowest BCUT2D eigenvalue weighted by Crippen LogP contribution is -2.18. The van der Waals surface area contributed by atoms with E-state index in [1.165, 1.54) is 48.1 Å². The first-order valence-corrected chi connectivity index (χ1v) is 7.59. The third-order valence-corrected chi connectivity index (χ3v) is 4.56. The minimum absolute atomic E-state index is 0.402. The monoisotopic (exact) mass is 265 g/mol. The number of rotatable bonds is 2. The summed E-state index contributed by atoms with van der Waals surface area (Å²) in [5.41, 5.74) is 5.52. The standard InChI is InChI=1S/C17H19N3/c1-2-7-13-12(5-1)6-3-10-16(13)20-17-14-8-4-9-15(14)18-11-19-17/h1-2,5,7,11,16H,3-4,6,8-10H2,(H,18,19,20). The predicted molar refractivity (Wildman–Crippen MR) is 79.8 cm³/mol. The summed E-state index contributed by atoms with van der Waals surface area (Å²) in [6.45, 7) is 0. The van der Waals surface area contributed by atoms with E-state index in [9.17, 15) is 0 Å². The van der Waals surface area contributed by atoms with Crippen LogP contribution in [0.5, 0.6) is 0 Å². The molecular weight excluding hydrogens is 246 g/mol. The lowest BCUT2D eigenvalue weighted by molar-refractivity contribution is 0.598. The number of aromatic nitrogens is 2. The number of hydrogen-bond donors (Lipinski definition) is 1. The van der Waals surface area contributed by atoms with Gasteiger partial charge in [-0.2, -0.15) is 0 Å². The number of fused-ring (bicyclic) bond motifs is 2. The Morgan fingerprint density at radius 2 is 1.95 bits per heavy atom. The third-order valence-electron chi connectivity index (χ3n) is 4.56. The number of aryl methyl sites for hydroxylation is 2. The van der Waals surface area contributed by atoms with Gasteiger partial charge in [0.2, 0.25) is 0 Å². The predicted octanol–water partition coefficient (Wildman–Crippen LogP) is 3.45. The molecule has 1 heterocycles. The van der Waals surface area contributed by atoms with Gasteiger partial charge in [-0.3, -0.25) is 0 Å². The van der Waals surface area contributed by atoms with Crippen LogP contribution in [0.1, 0.15) is 47.7 Å². The molecule has 0 amide bonds. The van der Waals surface area contributed by atoms with Gasteiger partial charge in [-0.15, -0.1) is 0 Å². The minimum atomic E-state index is 0.402. The van der Waals surface area contributed by atoms with Crippen LogP contribution in [0.3, 0.4) is 0 Å². The second-order valence-electron chi connectivity index (χ2n) is 5.79. The maximum absolute atomic E-state index is 4.50. The Hall–Kier alpha value is -1.90. The lowest BCUT2D eigenvalue weighted by atomic mass is 9.87. The summed E-state index contributed by atoms with van der Waals surface area (Å²) in [6, 6.07) is 9.20. The van der Waals surface area contributed by atoms with Crippen molar-refractivity contribution in [3.63, 3.8) is 0 Å². The normalized spacial score (nSPS) is 20.3. The van der Waals surface area contributed by atoms with Crippen LogP contribution in [0.4, 0.5) is 5.82 Å². The summed E-state index contributed by atoms with van der Waals surface area (Å²) < 4.78 is 0. The number of nitrogens with one attached hydrogen (secondary N) is 1. The molecule has 1 N–H and O–H groups in total. The van der Waals surface area contributed by atoms with Gasteiger partial charge in [0.05, 0.1) is 6.04 Å². The van der Waals surface area contributed by atoms with Crippen LogP contribution in [-0.4, -0.2) is 9.97 Å². The molecule has 0 saturated carbocycles. The molecule has 1 aromatic carbocycles. The highest BCUT2D eigenvalue weighted by Crippen LogP contribution is 2.34. The van der Waals surface area contributed by atoms with Crippen LogP contribution in [0.15, 0.2) is 30.6 Å². The quantitative estimate of drug-likeness (QED) is 0.903. The fourth-order valence-corrected chi connectivity index (χ4v) is 3.55. The van der Waals surface area contributed by atoms with Gasteiger partial charge in [0.25, 0.3) is 0 Å². The van der Waals surface area contributed by atoms with Crippen LogP contribution in [0, 0.1) is 0 Å². The molecule has 1 atom stereocenters. The van der Waals surface area contributed by atoms with E-state index in [1.807, 2.05) is 0 Å². The van der Waals surface area contributed by atoms with Gasteiger partial charge in [0.15, 0.2) is 0 Å². The van der Waals surface area contributed by atoms with E-state index in [1.54, 1.807) is 6.33 Å². The summed E-state index contributed by atoms with van der Waals surface area (Å²) in [5, 5.41) is 3.69. The second kappa shape index (κ2) is 4.89. The molecule has 1 unspecified atom stereocenters. The highest BCUT2D eigenvalue weighted by atomic mass is 15.0. The van der Waals surface area contributed by atoms with E-state index >= 15 is 0 Å². The summed E-state index contributed by atoms with van der Waals surface area (Å²) in [6.07, 6.45) is 8.79. The van der Waals surface area contributed by atoms with Crippen LogP contribution in [-0.2, 0) is 19.3 Å². The first-order valence-electron chi connectivity index (χ1n) is 7.59. The van der Waals surface area contributed by atoms with E-state index in [-0.39, 0.29) is 0 Å². The van der Waals surface area contributed by atoms with Gasteiger partial charge < -0.3 is 5.32 Å². The largest absolute Gasteiger partial charge is 0.363 e. The van der Waals surface area contributed by atoms with Crippen LogP contribution in [0.25, 0.3) is 0 Å². The van der Waals surface area contributed by atoms with E-state index in [0.717, 1.165) is 18.7 Å². The van der Waals surface area contributed by atoms with Crippen molar-refractivity contribution in [1.82, 2.24) is 9.97 Å². The Morgan fingerprint density at radius 3 is 2.95 bits per heavy atom. The van der Waals surface area contributed by atoms with Crippen molar-refractivity contribution in [2.75, 3.05) is 5.32 Å². The average molecular weight is 265 g/mol. The van der Waals surface area contributed by atoms with Crippen molar-refractivity contribution in [2.45, 2.75) is 44.6 Å². The number of benzene rings is 1. The molecule has 4 rings (SSSR count). The first kappa shape index (κ1) is 11.9. The molecule has 0 fully saturated rings. The molecule has 102 valence electrons. The number of anilines is 1. The molecule has 3 heteroatoms. The zero-order chi connectivity index (χ0) is 13.4. The van der Waals surface area contributed by atoms with Crippen LogP contribution in [0.2, 0.25) is 0 Å². The zero-order valence-corrected chi connectivity index (χ0v) is 11.6. The highest BCUT2D eigenvalue weighted by Gasteiger charge is 2.23. The molecule has 0 aliphatic heterocycles. The van der Waals surface area contributed by atoms with Crippen molar-refractivity contribution < 1.29 is 0 Å². The molecule has 0 spiro atoms. The Balaban J connectivity index is 1.66. The molecule has 2 aromatic rings. The van der Waals surface area contributed by atoms with Gasteiger partial charge in [-0.25, -0.2) is 9.97 Å². The van der Waals surface area contributed by atoms with Crippen LogP contribution < -0.4 is 5.32 Å². The third kappa shape index (κ3) is 1.98. The van der Waals surface area contributed by atoms with E-state index in [4.69, 9.17) is 0 Å². The maximum atomic E-state index is 4.50. The molecule has 2 aliphatic rings. The second-order valence-corrected chi connectivity index (χ2v) is 5.79. The summed E-state index contributed by atoms with van der Waals surface area (Å²) in [7, 11) is 0. The minimum Gasteiger partial charge on any atom is -0.363 e. The SMILES string of the molecule is c1ccc2c(c1)CCCC2Nc1ncnc2c1CCC2. The van der Waals surface area contributed by atoms with E-state index in [0.29, 0.717) is 6.04 Å². The van der Waals surface area contributed by atoms with Gasteiger partial charge in [0, 0.05) is 11.3 Å². The first-order chi connectivity index (χ1) is 9.92. The molecule has 3 nitrogen and oxygen atoms in total. The van der Waals surface area contributed by atoms with Crippen molar-refractivity contribution in [3.05, 3.63) is 53.0 Å². The molecule has 0 bridgehead atoms. The van der Waals surface area contributed by atoms with E-state index in [2.05, 4.69) is 39.6 Å². The highest BCUT2D eigenvalue weighted by molar-refractivity contribution is 5.50. The van der Waals surface area contributed by atoms with Gasteiger partial charge in [-0.05, 0) is 49.7 Å².